The van der Waals surface area contributed by atoms with E-state index in [1.165, 1.54) is 19.6 Å². The summed E-state index contributed by atoms with van der Waals surface area (Å²) in [5.74, 6) is 3.84. The maximum atomic E-state index is 5.28. The lowest BCUT2D eigenvalue weighted by atomic mass is 10.2. The van der Waals surface area contributed by atoms with E-state index in [0.717, 1.165) is 30.1 Å². The molecule has 98 valence electrons. The monoisotopic (exact) mass is 246 g/mol. The highest BCUT2D eigenvalue weighted by molar-refractivity contribution is 5.42. The first-order chi connectivity index (χ1) is 8.74. The summed E-state index contributed by atoms with van der Waals surface area (Å²) in [5, 5.41) is 0. The molecule has 1 aliphatic heterocycles. The fourth-order valence-corrected chi connectivity index (χ4v) is 3.28. The number of piperidine rings is 1. The van der Waals surface area contributed by atoms with Gasteiger partial charge in [0.2, 0.25) is 0 Å². The molecule has 2 fully saturated rings. The zero-order chi connectivity index (χ0) is 12.5. The molecule has 18 heavy (non-hydrogen) atoms. The fourth-order valence-electron chi connectivity index (χ4n) is 3.28. The highest BCUT2D eigenvalue weighted by Crippen LogP contribution is 2.51. The molecule has 3 atom stereocenters. The van der Waals surface area contributed by atoms with E-state index in [9.17, 15) is 0 Å². The van der Waals surface area contributed by atoms with Crippen molar-refractivity contribution in [1.82, 2.24) is 9.80 Å². The maximum Gasteiger partial charge on any atom is 0.126 e. The summed E-state index contributed by atoms with van der Waals surface area (Å²) in [6.45, 7) is 4.89. The summed E-state index contributed by atoms with van der Waals surface area (Å²) in [7, 11) is 4.36. The van der Waals surface area contributed by atoms with Crippen LogP contribution < -0.4 is 0 Å². The van der Waals surface area contributed by atoms with Crippen LogP contribution in [0.2, 0.25) is 0 Å². The largest absolute Gasteiger partial charge is 0.465 e. The van der Waals surface area contributed by atoms with Crippen LogP contribution in [0.3, 0.4) is 0 Å². The van der Waals surface area contributed by atoms with Crippen molar-refractivity contribution >= 4 is 6.08 Å². The molecule has 1 unspecified atom stereocenters. The fraction of sp³-hybridized carbons (Fsp3) is 0.600. The zero-order valence-corrected chi connectivity index (χ0v) is 11.2. The van der Waals surface area contributed by atoms with Gasteiger partial charge in [-0.05, 0) is 50.1 Å². The number of furan rings is 1. The Kier molecular flexibility index (Phi) is 3.27. The number of fused-ring (bicyclic) bond motifs is 1. The molecule has 3 heteroatoms. The minimum absolute atomic E-state index is 0.949. The number of hydrogen-bond donors (Lipinski definition) is 0. The summed E-state index contributed by atoms with van der Waals surface area (Å²) in [4.78, 5) is 4.88. The number of hydrogen-bond acceptors (Lipinski definition) is 3. The van der Waals surface area contributed by atoms with E-state index in [2.05, 4.69) is 36.0 Å². The second-order valence-corrected chi connectivity index (χ2v) is 5.89. The molecule has 1 aliphatic carbocycles. The smallest absolute Gasteiger partial charge is 0.126 e. The second-order valence-electron chi connectivity index (χ2n) is 5.89. The van der Waals surface area contributed by atoms with Crippen LogP contribution in [-0.4, -0.2) is 50.1 Å². The summed E-state index contributed by atoms with van der Waals surface area (Å²) < 4.78 is 5.28. The third kappa shape index (κ3) is 2.52. The molecule has 2 aliphatic rings. The third-order valence-electron chi connectivity index (χ3n) is 4.21. The van der Waals surface area contributed by atoms with E-state index in [4.69, 9.17) is 4.42 Å². The van der Waals surface area contributed by atoms with Gasteiger partial charge in [-0.2, -0.15) is 0 Å². The first kappa shape index (κ1) is 12.0. The Morgan fingerprint density at radius 2 is 2.17 bits per heavy atom. The van der Waals surface area contributed by atoms with Gasteiger partial charge in [0, 0.05) is 26.2 Å². The molecule has 0 aromatic carbocycles. The molecular weight excluding hydrogens is 224 g/mol. The summed E-state index contributed by atoms with van der Waals surface area (Å²) >= 11 is 0. The van der Waals surface area contributed by atoms with Gasteiger partial charge in [0.15, 0.2) is 0 Å². The van der Waals surface area contributed by atoms with Crippen LogP contribution in [0.5, 0.6) is 0 Å². The van der Waals surface area contributed by atoms with Gasteiger partial charge < -0.3 is 9.32 Å². The topological polar surface area (TPSA) is 19.6 Å². The van der Waals surface area contributed by atoms with Crippen molar-refractivity contribution in [2.45, 2.75) is 0 Å². The molecule has 0 bridgehead atoms. The normalized spacial score (nSPS) is 31.4. The van der Waals surface area contributed by atoms with Crippen LogP contribution in [0.25, 0.3) is 6.08 Å². The van der Waals surface area contributed by atoms with Gasteiger partial charge in [-0.1, -0.05) is 6.08 Å². The van der Waals surface area contributed by atoms with Gasteiger partial charge in [0.1, 0.15) is 5.76 Å². The summed E-state index contributed by atoms with van der Waals surface area (Å²) in [5.41, 5.74) is 0. The Labute approximate surface area is 109 Å². The first-order valence-electron chi connectivity index (χ1n) is 6.81. The SMILES string of the molecule is CN(C)CC1[C@H]2CN(C/C=C/c3ccco3)C[C@@H]12. The molecule has 0 amide bonds. The van der Waals surface area contributed by atoms with Gasteiger partial charge in [-0.3, -0.25) is 4.90 Å². The molecule has 1 saturated carbocycles. The maximum absolute atomic E-state index is 5.28. The van der Waals surface area contributed by atoms with Crippen LogP contribution in [0.15, 0.2) is 28.9 Å². The van der Waals surface area contributed by atoms with Crippen molar-refractivity contribution in [3.05, 3.63) is 30.2 Å². The van der Waals surface area contributed by atoms with Crippen molar-refractivity contribution in [3.8, 4) is 0 Å². The van der Waals surface area contributed by atoms with Gasteiger partial charge in [-0.25, -0.2) is 0 Å². The highest BCUT2D eigenvalue weighted by Gasteiger charge is 2.54. The first-order valence-corrected chi connectivity index (χ1v) is 6.81. The van der Waals surface area contributed by atoms with Crippen molar-refractivity contribution in [3.63, 3.8) is 0 Å². The predicted octanol–water partition coefficient (Wildman–Crippen LogP) is 2.03. The molecule has 3 rings (SSSR count). The molecule has 0 N–H and O–H groups in total. The van der Waals surface area contributed by atoms with E-state index < -0.39 is 0 Å². The zero-order valence-electron chi connectivity index (χ0n) is 11.2. The van der Waals surface area contributed by atoms with Gasteiger partial charge in [0.05, 0.1) is 6.26 Å². The lowest BCUT2D eigenvalue weighted by Gasteiger charge is -2.18. The average molecular weight is 246 g/mol. The molecule has 1 saturated heterocycles. The van der Waals surface area contributed by atoms with E-state index in [1.54, 1.807) is 6.26 Å². The Balaban J connectivity index is 1.41. The van der Waals surface area contributed by atoms with Crippen LogP contribution in [-0.2, 0) is 0 Å². The van der Waals surface area contributed by atoms with E-state index in [0.29, 0.717) is 0 Å². The van der Waals surface area contributed by atoms with Crippen LogP contribution in [0.4, 0.5) is 0 Å². The van der Waals surface area contributed by atoms with Crippen molar-refractivity contribution in [2.24, 2.45) is 17.8 Å². The molecule has 3 nitrogen and oxygen atoms in total. The number of likely N-dealkylation sites (tertiary alicyclic amines) is 1. The van der Waals surface area contributed by atoms with Crippen molar-refractivity contribution in [2.75, 3.05) is 40.3 Å². The Morgan fingerprint density at radius 1 is 1.39 bits per heavy atom. The highest BCUT2D eigenvalue weighted by atomic mass is 16.3. The summed E-state index contributed by atoms with van der Waals surface area (Å²) in [6, 6.07) is 3.92. The lowest BCUT2D eigenvalue weighted by molar-refractivity contribution is 0.284. The van der Waals surface area contributed by atoms with Gasteiger partial charge in [0.25, 0.3) is 0 Å². The lowest BCUT2D eigenvalue weighted by Crippen LogP contribution is -2.27. The Bertz CT molecular complexity index is 398. The third-order valence-corrected chi connectivity index (χ3v) is 4.21. The minimum Gasteiger partial charge on any atom is -0.465 e. The molecule has 0 spiro atoms. The standard InChI is InChI=1S/C15H22N2O/c1-16(2)9-13-14-10-17(11-15(13)14)7-3-5-12-6-4-8-18-12/h3-6,8,13-15H,7,9-11H2,1-2H3/b5-3+/t13?,14-,15+. The summed E-state index contributed by atoms with van der Waals surface area (Å²) in [6.07, 6.45) is 6.00. The van der Waals surface area contributed by atoms with Gasteiger partial charge in [-0.15, -0.1) is 0 Å². The van der Waals surface area contributed by atoms with E-state index in [1.807, 2.05) is 12.1 Å². The molecule has 0 radical (unpaired) electrons. The Morgan fingerprint density at radius 3 is 2.78 bits per heavy atom. The van der Waals surface area contributed by atoms with Gasteiger partial charge >= 0.3 is 0 Å². The molecular formula is C15H22N2O. The quantitative estimate of drug-likeness (QED) is 0.792. The van der Waals surface area contributed by atoms with Crippen LogP contribution >= 0.6 is 0 Å². The van der Waals surface area contributed by atoms with Crippen LogP contribution in [0.1, 0.15) is 5.76 Å². The van der Waals surface area contributed by atoms with Crippen molar-refractivity contribution in [1.29, 1.82) is 0 Å². The van der Waals surface area contributed by atoms with Crippen molar-refractivity contribution < 1.29 is 4.42 Å². The molecule has 1 aromatic rings. The molecule has 2 heterocycles. The average Bonchev–Trinajstić information content (AvgIpc) is 2.79. The molecule has 1 aromatic heterocycles. The second kappa shape index (κ2) is 4.90. The number of rotatable bonds is 5. The van der Waals surface area contributed by atoms with E-state index >= 15 is 0 Å². The van der Waals surface area contributed by atoms with E-state index in [-0.39, 0.29) is 0 Å². The predicted molar refractivity (Wildman–Crippen MR) is 73.2 cm³/mol. The minimum atomic E-state index is 0.949. The van der Waals surface area contributed by atoms with Crippen LogP contribution in [0, 0.1) is 17.8 Å². The Hall–Kier alpha value is -1.06. The number of nitrogens with zero attached hydrogens (tertiary/aromatic N) is 2.